The molecule has 0 radical (unpaired) electrons. The zero-order chi connectivity index (χ0) is 19.7. The Balaban J connectivity index is 1.67. The average Bonchev–Trinajstić information content (AvgIpc) is 3.04. The van der Waals surface area contributed by atoms with Crippen LogP contribution in [0.15, 0.2) is 54.9 Å². The standard InChI is InChI=1S/C22H19ClN4O/c1-13-19-9-18(23)8-16(10-26-22(28)17-11-24-14(2)25-12-17)21(19)27-20(13)15-6-4-3-5-7-15/h3-9,11-12,27H,10H2,1-2H3,(H,26,28). The molecule has 5 nitrogen and oxygen atoms in total. The minimum Gasteiger partial charge on any atom is -0.354 e. The molecule has 0 spiro atoms. The number of halogens is 1. The zero-order valence-electron chi connectivity index (χ0n) is 15.6. The van der Waals surface area contributed by atoms with Crippen LogP contribution in [0, 0.1) is 13.8 Å². The largest absolute Gasteiger partial charge is 0.354 e. The summed E-state index contributed by atoms with van der Waals surface area (Å²) < 4.78 is 0. The van der Waals surface area contributed by atoms with E-state index >= 15 is 0 Å². The number of aryl methyl sites for hydroxylation is 2. The van der Waals surface area contributed by atoms with Crippen LogP contribution in [-0.2, 0) is 6.54 Å². The fraction of sp³-hybridized carbons (Fsp3) is 0.136. The second-order valence-electron chi connectivity index (χ2n) is 6.68. The third-order valence-corrected chi connectivity index (χ3v) is 4.98. The van der Waals surface area contributed by atoms with E-state index in [1.54, 1.807) is 6.92 Å². The normalized spacial score (nSPS) is 11.0. The van der Waals surface area contributed by atoms with Crippen molar-refractivity contribution in [1.82, 2.24) is 20.3 Å². The highest BCUT2D eigenvalue weighted by Crippen LogP contribution is 2.33. The monoisotopic (exact) mass is 390 g/mol. The summed E-state index contributed by atoms with van der Waals surface area (Å²) in [6.07, 6.45) is 3.05. The Morgan fingerprint density at radius 1 is 1.11 bits per heavy atom. The van der Waals surface area contributed by atoms with Crippen LogP contribution >= 0.6 is 11.6 Å². The van der Waals surface area contributed by atoms with Crippen LogP contribution in [0.4, 0.5) is 0 Å². The van der Waals surface area contributed by atoms with Crippen LogP contribution in [0.3, 0.4) is 0 Å². The molecule has 0 aliphatic heterocycles. The van der Waals surface area contributed by atoms with E-state index in [9.17, 15) is 4.79 Å². The van der Waals surface area contributed by atoms with E-state index in [1.807, 2.05) is 30.3 Å². The van der Waals surface area contributed by atoms with Crippen LogP contribution in [0.2, 0.25) is 5.02 Å². The Kier molecular flexibility index (Phi) is 4.84. The predicted molar refractivity (Wildman–Crippen MR) is 111 cm³/mol. The van der Waals surface area contributed by atoms with Crippen LogP contribution in [0.1, 0.15) is 27.3 Å². The van der Waals surface area contributed by atoms with E-state index in [0.717, 1.165) is 33.3 Å². The summed E-state index contributed by atoms with van der Waals surface area (Å²) in [5, 5.41) is 4.61. The highest BCUT2D eigenvalue weighted by molar-refractivity contribution is 6.31. The van der Waals surface area contributed by atoms with Gasteiger partial charge in [-0.2, -0.15) is 0 Å². The van der Waals surface area contributed by atoms with Gasteiger partial charge in [-0.15, -0.1) is 0 Å². The maximum atomic E-state index is 12.4. The highest BCUT2D eigenvalue weighted by Gasteiger charge is 2.14. The molecule has 2 heterocycles. The molecule has 0 aliphatic rings. The van der Waals surface area contributed by atoms with Gasteiger partial charge >= 0.3 is 0 Å². The van der Waals surface area contributed by atoms with E-state index in [0.29, 0.717) is 23.0 Å². The van der Waals surface area contributed by atoms with Crippen molar-refractivity contribution in [3.63, 3.8) is 0 Å². The number of H-pyrrole nitrogens is 1. The number of hydrogen-bond donors (Lipinski definition) is 2. The van der Waals surface area contributed by atoms with Gasteiger partial charge in [-0.1, -0.05) is 41.9 Å². The van der Waals surface area contributed by atoms with Crippen molar-refractivity contribution in [2.75, 3.05) is 0 Å². The first-order valence-electron chi connectivity index (χ1n) is 8.96. The van der Waals surface area contributed by atoms with Crippen molar-refractivity contribution >= 4 is 28.4 Å². The van der Waals surface area contributed by atoms with Gasteiger partial charge in [0.25, 0.3) is 5.91 Å². The molecule has 4 rings (SSSR count). The maximum absolute atomic E-state index is 12.4. The van der Waals surface area contributed by atoms with Crippen molar-refractivity contribution in [1.29, 1.82) is 0 Å². The lowest BCUT2D eigenvalue weighted by Crippen LogP contribution is -2.23. The number of aromatic nitrogens is 3. The minimum atomic E-state index is -0.223. The first-order valence-corrected chi connectivity index (χ1v) is 9.33. The molecule has 0 aliphatic carbocycles. The summed E-state index contributed by atoms with van der Waals surface area (Å²) in [4.78, 5) is 24.1. The smallest absolute Gasteiger partial charge is 0.254 e. The Hall–Kier alpha value is -3.18. The van der Waals surface area contributed by atoms with Gasteiger partial charge < -0.3 is 10.3 Å². The zero-order valence-corrected chi connectivity index (χ0v) is 16.3. The van der Waals surface area contributed by atoms with Gasteiger partial charge in [0.15, 0.2) is 0 Å². The molecular formula is C22H19ClN4O. The number of benzene rings is 2. The lowest BCUT2D eigenvalue weighted by atomic mass is 10.1. The van der Waals surface area contributed by atoms with Crippen LogP contribution in [-0.4, -0.2) is 20.9 Å². The van der Waals surface area contributed by atoms with Gasteiger partial charge in [-0.3, -0.25) is 4.79 Å². The summed E-state index contributed by atoms with van der Waals surface area (Å²) in [7, 11) is 0. The van der Waals surface area contributed by atoms with Gasteiger partial charge in [0, 0.05) is 35.0 Å². The average molecular weight is 391 g/mol. The van der Waals surface area contributed by atoms with E-state index in [4.69, 9.17) is 11.6 Å². The van der Waals surface area contributed by atoms with Crippen molar-refractivity contribution < 1.29 is 4.79 Å². The van der Waals surface area contributed by atoms with E-state index in [2.05, 4.69) is 39.3 Å². The first kappa shape index (κ1) is 18.2. The topological polar surface area (TPSA) is 70.7 Å². The fourth-order valence-corrected chi connectivity index (χ4v) is 3.52. The lowest BCUT2D eigenvalue weighted by molar-refractivity contribution is 0.0950. The summed E-state index contributed by atoms with van der Waals surface area (Å²) in [6, 6.07) is 14.0. The summed E-state index contributed by atoms with van der Waals surface area (Å²) in [5.74, 6) is 0.406. The molecular weight excluding hydrogens is 372 g/mol. The number of hydrogen-bond acceptors (Lipinski definition) is 3. The number of nitrogens with zero attached hydrogens (tertiary/aromatic N) is 2. The molecule has 2 aromatic carbocycles. The maximum Gasteiger partial charge on any atom is 0.254 e. The Morgan fingerprint density at radius 3 is 2.54 bits per heavy atom. The van der Waals surface area contributed by atoms with Gasteiger partial charge in [0.1, 0.15) is 5.82 Å². The number of nitrogens with one attached hydrogen (secondary N) is 2. The van der Waals surface area contributed by atoms with Crippen molar-refractivity contribution in [2.45, 2.75) is 20.4 Å². The second-order valence-corrected chi connectivity index (χ2v) is 7.12. The third-order valence-electron chi connectivity index (χ3n) is 4.76. The lowest BCUT2D eigenvalue weighted by Gasteiger charge is -2.07. The summed E-state index contributed by atoms with van der Waals surface area (Å²) in [5.41, 5.74) is 5.62. The predicted octanol–water partition coefficient (Wildman–Crippen LogP) is 4.83. The molecule has 0 fully saturated rings. The summed E-state index contributed by atoms with van der Waals surface area (Å²) in [6.45, 7) is 4.20. The SMILES string of the molecule is Cc1ncc(C(=O)NCc2cc(Cl)cc3c(C)c(-c4ccccc4)[nH]c23)cn1. The molecule has 4 aromatic rings. The van der Waals surface area contributed by atoms with Crippen molar-refractivity contribution in [2.24, 2.45) is 0 Å². The third kappa shape index (κ3) is 3.49. The molecule has 140 valence electrons. The van der Waals surface area contributed by atoms with Crippen LogP contribution in [0.25, 0.3) is 22.2 Å². The molecule has 1 amide bonds. The summed E-state index contributed by atoms with van der Waals surface area (Å²) >= 11 is 6.35. The number of aromatic amines is 1. The van der Waals surface area contributed by atoms with Crippen molar-refractivity contribution in [3.05, 3.63) is 82.4 Å². The van der Waals surface area contributed by atoms with Gasteiger partial charge in [-0.25, -0.2) is 9.97 Å². The number of carbonyl (C=O) groups is 1. The van der Waals surface area contributed by atoms with E-state index in [-0.39, 0.29) is 5.91 Å². The fourth-order valence-electron chi connectivity index (χ4n) is 3.28. The van der Waals surface area contributed by atoms with E-state index < -0.39 is 0 Å². The number of rotatable bonds is 4. The van der Waals surface area contributed by atoms with Gasteiger partial charge in [0.2, 0.25) is 0 Å². The number of amides is 1. The Labute approximate surface area is 167 Å². The minimum absolute atomic E-state index is 0.223. The Morgan fingerprint density at radius 2 is 1.82 bits per heavy atom. The second kappa shape index (κ2) is 7.44. The van der Waals surface area contributed by atoms with Crippen molar-refractivity contribution in [3.8, 4) is 11.3 Å². The first-order chi connectivity index (χ1) is 13.5. The number of carbonyl (C=O) groups excluding carboxylic acids is 1. The molecule has 6 heteroatoms. The molecule has 0 bridgehead atoms. The van der Waals surface area contributed by atoms with Gasteiger partial charge in [-0.05, 0) is 42.7 Å². The molecule has 0 saturated carbocycles. The van der Waals surface area contributed by atoms with Crippen LogP contribution in [0.5, 0.6) is 0 Å². The highest BCUT2D eigenvalue weighted by atomic mass is 35.5. The molecule has 2 aromatic heterocycles. The molecule has 0 saturated heterocycles. The number of fused-ring (bicyclic) bond motifs is 1. The quantitative estimate of drug-likeness (QED) is 0.524. The molecule has 28 heavy (non-hydrogen) atoms. The van der Waals surface area contributed by atoms with Crippen LogP contribution < -0.4 is 5.32 Å². The van der Waals surface area contributed by atoms with E-state index in [1.165, 1.54) is 12.4 Å². The Bertz CT molecular complexity index is 1150. The molecule has 2 N–H and O–H groups in total. The molecule has 0 unspecified atom stereocenters. The molecule has 0 atom stereocenters. The van der Waals surface area contributed by atoms with Gasteiger partial charge in [0.05, 0.1) is 11.1 Å².